The second-order valence-electron chi connectivity index (χ2n) is 6.62. The first-order valence-corrected chi connectivity index (χ1v) is 8.29. The Morgan fingerprint density at radius 2 is 1.79 bits per heavy atom. The lowest BCUT2D eigenvalue weighted by atomic mass is 9.96. The maximum absolute atomic E-state index is 12.2. The monoisotopic (exact) mass is 324 g/mol. The molecule has 2 aromatic carbocycles. The number of aryl methyl sites for hydroxylation is 2. The fraction of sp³-hybridized carbons (Fsp3) is 0.350. The van der Waals surface area contributed by atoms with E-state index >= 15 is 0 Å². The molecule has 2 N–H and O–H groups in total. The molecular weight excluding hydrogens is 300 g/mol. The van der Waals surface area contributed by atoms with Crippen molar-refractivity contribution in [1.82, 2.24) is 5.32 Å². The third kappa shape index (κ3) is 3.53. The van der Waals surface area contributed by atoms with Gasteiger partial charge in [0.2, 0.25) is 0 Å². The number of rotatable bonds is 5. The molecule has 0 heterocycles. The molecule has 1 saturated carbocycles. The van der Waals surface area contributed by atoms with E-state index in [1.54, 1.807) is 7.11 Å². The van der Waals surface area contributed by atoms with Crippen LogP contribution in [0.2, 0.25) is 0 Å². The number of carbonyl (C=O) groups is 1. The van der Waals surface area contributed by atoms with Crippen molar-refractivity contribution in [2.45, 2.75) is 32.1 Å². The minimum atomic E-state index is -0.155. The smallest absolute Gasteiger partial charge is 0.319 e. The predicted octanol–water partition coefficient (Wildman–Crippen LogP) is 4.17. The van der Waals surface area contributed by atoms with Crippen LogP contribution in [0.3, 0.4) is 0 Å². The fourth-order valence-electron chi connectivity index (χ4n) is 2.91. The molecule has 2 amide bonds. The van der Waals surface area contributed by atoms with Gasteiger partial charge in [-0.15, -0.1) is 0 Å². The van der Waals surface area contributed by atoms with Crippen LogP contribution < -0.4 is 15.4 Å². The Hall–Kier alpha value is -2.49. The van der Waals surface area contributed by atoms with Gasteiger partial charge in [-0.05, 0) is 67.6 Å². The summed E-state index contributed by atoms with van der Waals surface area (Å²) in [7, 11) is 1.67. The van der Waals surface area contributed by atoms with Gasteiger partial charge in [-0.1, -0.05) is 18.2 Å². The number of urea groups is 1. The summed E-state index contributed by atoms with van der Waals surface area (Å²) in [5, 5.41) is 5.92. The maximum atomic E-state index is 12.2. The molecule has 4 heteroatoms. The summed E-state index contributed by atoms with van der Waals surface area (Å²) in [4.78, 5) is 12.2. The second kappa shape index (κ2) is 6.56. The average Bonchev–Trinajstić information content (AvgIpc) is 3.38. The third-order valence-corrected chi connectivity index (χ3v) is 4.91. The quantitative estimate of drug-likeness (QED) is 0.867. The van der Waals surface area contributed by atoms with Crippen molar-refractivity contribution in [2.75, 3.05) is 19.0 Å². The Morgan fingerprint density at radius 3 is 2.38 bits per heavy atom. The molecule has 0 aromatic heterocycles. The Morgan fingerprint density at radius 1 is 1.08 bits per heavy atom. The molecule has 2 aromatic rings. The Labute approximate surface area is 143 Å². The number of carbonyl (C=O) groups excluding carboxylic acids is 1. The highest BCUT2D eigenvalue weighted by Crippen LogP contribution is 2.47. The standard InChI is InChI=1S/C20H24N2O2/c1-14-4-7-17(12-15(14)2)22-19(23)21-13-20(10-11-20)16-5-8-18(24-3)9-6-16/h4-9,12H,10-11,13H2,1-3H3,(H2,21,22,23). The fourth-order valence-corrected chi connectivity index (χ4v) is 2.91. The van der Waals surface area contributed by atoms with E-state index in [1.807, 2.05) is 37.3 Å². The third-order valence-electron chi connectivity index (χ3n) is 4.91. The lowest BCUT2D eigenvalue weighted by molar-refractivity contribution is 0.251. The van der Waals surface area contributed by atoms with Gasteiger partial charge in [-0.3, -0.25) is 0 Å². The molecule has 3 rings (SSSR count). The van der Waals surface area contributed by atoms with Crippen LogP contribution in [0.1, 0.15) is 29.5 Å². The molecule has 0 unspecified atom stereocenters. The molecule has 0 radical (unpaired) electrons. The molecular formula is C20H24N2O2. The zero-order chi connectivity index (χ0) is 17.2. The molecule has 0 saturated heterocycles. The normalized spacial score (nSPS) is 14.8. The van der Waals surface area contributed by atoms with Gasteiger partial charge in [0.05, 0.1) is 7.11 Å². The molecule has 0 spiro atoms. The highest BCUT2D eigenvalue weighted by molar-refractivity contribution is 5.89. The zero-order valence-corrected chi connectivity index (χ0v) is 14.5. The van der Waals surface area contributed by atoms with Crippen LogP contribution in [0, 0.1) is 13.8 Å². The van der Waals surface area contributed by atoms with Gasteiger partial charge in [0, 0.05) is 17.6 Å². The minimum Gasteiger partial charge on any atom is -0.497 e. The number of amides is 2. The highest BCUT2D eigenvalue weighted by atomic mass is 16.5. The van der Waals surface area contributed by atoms with Crippen molar-refractivity contribution in [3.05, 3.63) is 59.2 Å². The van der Waals surface area contributed by atoms with Gasteiger partial charge >= 0.3 is 6.03 Å². The largest absolute Gasteiger partial charge is 0.497 e. The lowest BCUT2D eigenvalue weighted by Crippen LogP contribution is -2.35. The first-order chi connectivity index (χ1) is 11.5. The second-order valence-corrected chi connectivity index (χ2v) is 6.62. The van der Waals surface area contributed by atoms with Gasteiger partial charge in [0.25, 0.3) is 0 Å². The molecule has 1 fully saturated rings. The van der Waals surface area contributed by atoms with Crippen LogP contribution in [0.5, 0.6) is 5.75 Å². The summed E-state index contributed by atoms with van der Waals surface area (Å²) in [5.41, 5.74) is 4.55. The number of ether oxygens (including phenoxy) is 1. The van der Waals surface area contributed by atoms with Crippen LogP contribution in [0.4, 0.5) is 10.5 Å². The summed E-state index contributed by atoms with van der Waals surface area (Å²) in [6.45, 7) is 4.75. The number of methoxy groups -OCH3 is 1. The minimum absolute atomic E-state index is 0.0762. The highest BCUT2D eigenvalue weighted by Gasteiger charge is 2.44. The number of hydrogen-bond donors (Lipinski definition) is 2. The lowest BCUT2D eigenvalue weighted by Gasteiger charge is -2.17. The van der Waals surface area contributed by atoms with Crippen molar-refractivity contribution in [2.24, 2.45) is 0 Å². The van der Waals surface area contributed by atoms with E-state index in [1.165, 1.54) is 16.7 Å². The molecule has 126 valence electrons. The summed E-state index contributed by atoms with van der Waals surface area (Å²) in [6, 6.07) is 13.9. The molecule has 1 aliphatic carbocycles. The van der Waals surface area contributed by atoms with E-state index in [-0.39, 0.29) is 11.4 Å². The zero-order valence-electron chi connectivity index (χ0n) is 14.5. The summed E-state index contributed by atoms with van der Waals surface area (Å²) in [6.07, 6.45) is 2.20. The number of hydrogen-bond acceptors (Lipinski definition) is 2. The Kier molecular flexibility index (Phi) is 4.47. The molecule has 1 aliphatic rings. The van der Waals surface area contributed by atoms with Crippen molar-refractivity contribution in [1.29, 1.82) is 0 Å². The van der Waals surface area contributed by atoms with Gasteiger partial charge in [-0.2, -0.15) is 0 Å². The first-order valence-electron chi connectivity index (χ1n) is 8.29. The van der Waals surface area contributed by atoms with Crippen molar-refractivity contribution >= 4 is 11.7 Å². The van der Waals surface area contributed by atoms with Crippen LogP contribution in [0.25, 0.3) is 0 Å². The number of nitrogens with one attached hydrogen (secondary N) is 2. The topological polar surface area (TPSA) is 50.4 Å². The van der Waals surface area contributed by atoms with Crippen molar-refractivity contribution in [3.8, 4) is 5.75 Å². The van der Waals surface area contributed by atoms with Gasteiger partial charge < -0.3 is 15.4 Å². The van der Waals surface area contributed by atoms with Crippen molar-refractivity contribution < 1.29 is 9.53 Å². The summed E-state index contributed by atoms with van der Waals surface area (Å²) < 4.78 is 5.21. The van der Waals surface area contributed by atoms with Crippen LogP contribution >= 0.6 is 0 Å². The predicted molar refractivity (Wildman–Crippen MR) is 96.8 cm³/mol. The number of anilines is 1. The van der Waals surface area contributed by atoms with Crippen LogP contribution in [-0.2, 0) is 5.41 Å². The Bertz CT molecular complexity index is 734. The average molecular weight is 324 g/mol. The number of benzene rings is 2. The first kappa shape index (κ1) is 16.4. The van der Waals surface area contributed by atoms with Crippen LogP contribution in [0.15, 0.2) is 42.5 Å². The molecule has 0 bridgehead atoms. The van der Waals surface area contributed by atoms with Gasteiger partial charge in [0.15, 0.2) is 0 Å². The summed E-state index contributed by atoms with van der Waals surface area (Å²) in [5.74, 6) is 0.856. The molecule has 0 atom stereocenters. The molecule has 4 nitrogen and oxygen atoms in total. The van der Waals surface area contributed by atoms with Gasteiger partial charge in [-0.25, -0.2) is 4.79 Å². The van der Waals surface area contributed by atoms with E-state index in [0.29, 0.717) is 6.54 Å². The van der Waals surface area contributed by atoms with Crippen LogP contribution in [-0.4, -0.2) is 19.7 Å². The van der Waals surface area contributed by atoms with E-state index in [9.17, 15) is 4.79 Å². The molecule has 0 aliphatic heterocycles. The van der Waals surface area contributed by atoms with Gasteiger partial charge in [0.1, 0.15) is 5.75 Å². The molecule has 24 heavy (non-hydrogen) atoms. The van der Waals surface area contributed by atoms with E-state index in [0.717, 1.165) is 24.3 Å². The van der Waals surface area contributed by atoms with Crippen molar-refractivity contribution in [3.63, 3.8) is 0 Å². The van der Waals surface area contributed by atoms with E-state index < -0.39 is 0 Å². The SMILES string of the molecule is COc1ccc(C2(CNC(=O)Nc3ccc(C)c(C)c3)CC2)cc1. The van der Waals surface area contributed by atoms with E-state index in [2.05, 4.69) is 29.7 Å². The maximum Gasteiger partial charge on any atom is 0.319 e. The van der Waals surface area contributed by atoms with E-state index in [4.69, 9.17) is 4.74 Å². The summed E-state index contributed by atoms with van der Waals surface area (Å²) >= 11 is 0. The Balaban J connectivity index is 1.58.